The lowest BCUT2D eigenvalue weighted by Crippen LogP contribution is -1.88. The molecule has 80 valence electrons. The smallest absolute Gasteiger partial charge is 0.135 e. The molecule has 0 fully saturated rings. The number of hydrogen-bond acceptors (Lipinski definition) is 2. The van der Waals surface area contributed by atoms with Crippen LogP contribution in [0.25, 0.3) is 21.9 Å². The molecular formula is C14H12O2. The van der Waals surface area contributed by atoms with Crippen LogP contribution in [0.5, 0.6) is 0 Å². The van der Waals surface area contributed by atoms with E-state index in [1.165, 1.54) is 0 Å². The van der Waals surface area contributed by atoms with Crippen molar-refractivity contribution in [3.05, 3.63) is 48.0 Å². The molecule has 3 rings (SSSR count). The first-order chi connectivity index (χ1) is 7.75. The zero-order valence-electron chi connectivity index (χ0n) is 8.97. The van der Waals surface area contributed by atoms with Crippen molar-refractivity contribution in [2.24, 2.45) is 0 Å². The standard InChI is InChI=1S/C14H12O2/c1-9(15)10-6-7-12-11-4-2-3-5-13(11)16-14(12)8-10/h2-9,15H,1H3/t9-/m1/s1. The third-order valence-electron chi connectivity index (χ3n) is 2.89. The van der Waals surface area contributed by atoms with Crippen molar-refractivity contribution >= 4 is 21.9 Å². The summed E-state index contributed by atoms with van der Waals surface area (Å²) >= 11 is 0. The molecule has 3 aromatic rings. The van der Waals surface area contributed by atoms with Crippen LogP contribution in [0, 0.1) is 0 Å². The predicted octanol–water partition coefficient (Wildman–Crippen LogP) is 3.64. The Morgan fingerprint density at radius 1 is 1.00 bits per heavy atom. The van der Waals surface area contributed by atoms with Crippen molar-refractivity contribution in [2.75, 3.05) is 0 Å². The molecule has 0 unspecified atom stereocenters. The van der Waals surface area contributed by atoms with Gasteiger partial charge in [0.1, 0.15) is 11.2 Å². The maximum absolute atomic E-state index is 9.52. The molecule has 2 heteroatoms. The van der Waals surface area contributed by atoms with Gasteiger partial charge in [-0.25, -0.2) is 0 Å². The summed E-state index contributed by atoms with van der Waals surface area (Å²) < 4.78 is 5.73. The second kappa shape index (κ2) is 3.35. The summed E-state index contributed by atoms with van der Waals surface area (Å²) in [6.45, 7) is 1.75. The second-order valence-corrected chi connectivity index (χ2v) is 4.03. The molecular weight excluding hydrogens is 200 g/mol. The molecule has 0 aliphatic rings. The molecule has 2 aromatic carbocycles. The summed E-state index contributed by atoms with van der Waals surface area (Å²) in [6, 6.07) is 13.8. The van der Waals surface area contributed by atoms with Crippen LogP contribution in [-0.4, -0.2) is 5.11 Å². The van der Waals surface area contributed by atoms with Crippen LogP contribution in [0.3, 0.4) is 0 Å². The number of benzene rings is 2. The highest BCUT2D eigenvalue weighted by atomic mass is 16.3. The van der Waals surface area contributed by atoms with Gasteiger partial charge in [0.25, 0.3) is 0 Å². The molecule has 2 nitrogen and oxygen atoms in total. The van der Waals surface area contributed by atoms with Crippen LogP contribution >= 0.6 is 0 Å². The fourth-order valence-electron chi connectivity index (χ4n) is 2.00. The van der Waals surface area contributed by atoms with Gasteiger partial charge in [0, 0.05) is 10.8 Å². The van der Waals surface area contributed by atoms with Crippen molar-refractivity contribution in [2.45, 2.75) is 13.0 Å². The van der Waals surface area contributed by atoms with E-state index >= 15 is 0 Å². The molecule has 0 amide bonds. The van der Waals surface area contributed by atoms with Crippen molar-refractivity contribution in [1.82, 2.24) is 0 Å². The summed E-state index contributed by atoms with van der Waals surface area (Å²) in [5, 5.41) is 11.7. The first-order valence-electron chi connectivity index (χ1n) is 5.35. The van der Waals surface area contributed by atoms with Crippen LogP contribution in [0.15, 0.2) is 46.9 Å². The number of furan rings is 1. The number of fused-ring (bicyclic) bond motifs is 3. The van der Waals surface area contributed by atoms with E-state index in [-0.39, 0.29) is 0 Å². The van der Waals surface area contributed by atoms with E-state index in [9.17, 15) is 5.11 Å². The molecule has 0 bridgehead atoms. The molecule has 0 radical (unpaired) electrons. The molecule has 16 heavy (non-hydrogen) atoms. The Bertz CT molecular complexity index is 650. The monoisotopic (exact) mass is 212 g/mol. The summed E-state index contributed by atoms with van der Waals surface area (Å²) in [4.78, 5) is 0. The predicted molar refractivity (Wildman–Crippen MR) is 64.4 cm³/mol. The normalized spacial score (nSPS) is 13.4. The van der Waals surface area contributed by atoms with Crippen LogP contribution in [0.1, 0.15) is 18.6 Å². The van der Waals surface area contributed by atoms with Gasteiger partial charge in [-0.05, 0) is 24.6 Å². The van der Waals surface area contributed by atoms with Gasteiger partial charge in [-0.2, -0.15) is 0 Å². The summed E-state index contributed by atoms with van der Waals surface area (Å²) in [5.74, 6) is 0. The van der Waals surface area contributed by atoms with E-state index in [0.29, 0.717) is 0 Å². The topological polar surface area (TPSA) is 33.4 Å². The minimum Gasteiger partial charge on any atom is -0.456 e. The summed E-state index contributed by atoms with van der Waals surface area (Å²) in [5.41, 5.74) is 2.60. The minimum atomic E-state index is -0.461. The third-order valence-corrected chi connectivity index (χ3v) is 2.89. The Labute approximate surface area is 93.1 Å². The van der Waals surface area contributed by atoms with Gasteiger partial charge in [-0.1, -0.05) is 30.3 Å². The van der Waals surface area contributed by atoms with E-state index in [0.717, 1.165) is 27.5 Å². The van der Waals surface area contributed by atoms with Gasteiger partial charge in [0.2, 0.25) is 0 Å². The van der Waals surface area contributed by atoms with Crippen LogP contribution in [0.4, 0.5) is 0 Å². The number of hydrogen-bond donors (Lipinski definition) is 1. The largest absolute Gasteiger partial charge is 0.456 e. The van der Waals surface area contributed by atoms with Crippen molar-refractivity contribution in [3.63, 3.8) is 0 Å². The van der Waals surface area contributed by atoms with Gasteiger partial charge >= 0.3 is 0 Å². The molecule has 1 aromatic heterocycles. The fourth-order valence-corrected chi connectivity index (χ4v) is 2.00. The number of aliphatic hydroxyl groups is 1. The van der Waals surface area contributed by atoms with E-state index < -0.39 is 6.10 Å². The van der Waals surface area contributed by atoms with Crippen molar-refractivity contribution < 1.29 is 9.52 Å². The number of rotatable bonds is 1. The van der Waals surface area contributed by atoms with Crippen LogP contribution < -0.4 is 0 Å². The maximum Gasteiger partial charge on any atom is 0.135 e. The minimum absolute atomic E-state index is 0.461. The zero-order chi connectivity index (χ0) is 11.1. The Morgan fingerprint density at radius 2 is 1.75 bits per heavy atom. The number of aliphatic hydroxyl groups excluding tert-OH is 1. The van der Waals surface area contributed by atoms with Gasteiger partial charge in [0.05, 0.1) is 6.10 Å². The first-order valence-corrected chi connectivity index (χ1v) is 5.35. The van der Waals surface area contributed by atoms with Crippen LogP contribution in [0.2, 0.25) is 0 Å². The molecule has 0 spiro atoms. The molecule has 0 saturated carbocycles. The van der Waals surface area contributed by atoms with E-state index in [1.807, 2.05) is 42.5 Å². The quantitative estimate of drug-likeness (QED) is 0.668. The second-order valence-electron chi connectivity index (χ2n) is 4.03. The highest BCUT2D eigenvalue weighted by molar-refractivity contribution is 6.04. The van der Waals surface area contributed by atoms with Gasteiger partial charge in [0.15, 0.2) is 0 Å². The third kappa shape index (κ3) is 1.31. The molecule has 0 aliphatic carbocycles. The maximum atomic E-state index is 9.52. The lowest BCUT2D eigenvalue weighted by atomic mass is 10.1. The lowest BCUT2D eigenvalue weighted by molar-refractivity contribution is 0.199. The lowest BCUT2D eigenvalue weighted by Gasteiger charge is -2.02. The fraction of sp³-hybridized carbons (Fsp3) is 0.143. The van der Waals surface area contributed by atoms with E-state index in [2.05, 4.69) is 0 Å². The Balaban J connectivity index is 2.37. The first kappa shape index (κ1) is 9.43. The molecule has 1 N–H and O–H groups in total. The summed E-state index contributed by atoms with van der Waals surface area (Å²) in [7, 11) is 0. The average molecular weight is 212 g/mol. The molecule has 0 saturated heterocycles. The van der Waals surface area contributed by atoms with Crippen LogP contribution in [-0.2, 0) is 0 Å². The molecule has 1 heterocycles. The van der Waals surface area contributed by atoms with Gasteiger partial charge in [-0.3, -0.25) is 0 Å². The number of para-hydroxylation sites is 1. The Hall–Kier alpha value is -1.80. The highest BCUT2D eigenvalue weighted by Crippen LogP contribution is 2.30. The highest BCUT2D eigenvalue weighted by Gasteiger charge is 2.08. The Morgan fingerprint density at radius 3 is 2.56 bits per heavy atom. The SMILES string of the molecule is C[C@@H](O)c1ccc2c(c1)oc1ccccc12. The van der Waals surface area contributed by atoms with E-state index in [4.69, 9.17) is 4.42 Å². The zero-order valence-corrected chi connectivity index (χ0v) is 8.97. The van der Waals surface area contributed by atoms with Crippen molar-refractivity contribution in [3.8, 4) is 0 Å². The van der Waals surface area contributed by atoms with Gasteiger partial charge < -0.3 is 9.52 Å². The summed E-state index contributed by atoms with van der Waals surface area (Å²) in [6.07, 6.45) is -0.461. The van der Waals surface area contributed by atoms with E-state index in [1.54, 1.807) is 6.92 Å². The van der Waals surface area contributed by atoms with Crippen molar-refractivity contribution in [1.29, 1.82) is 0 Å². The van der Waals surface area contributed by atoms with Gasteiger partial charge in [-0.15, -0.1) is 0 Å². The average Bonchev–Trinajstić information content (AvgIpc) is 2.66. The molecule has 0 aliphatic heterocycles. The molecule has 1 atom stereocenters. The Kier molecular flexibility index (Phi) is 1.98.